The Balaban J connectivity index is 1.60. The van der Waals surface area contributed by atoms with Crippen LogP contribution in [0.4, 0.5) is 14.5 Å². The monoisotopic (exact) mass is 453 g/mol. The molecule has 0 bridgehead atoms. The third-order valence-electron chi connectivity index (χ3n) is 6.24. The lowest BCUT2D eigenvalue weighted by Crippen LogP contribution is -2.11. The highest BCUT2D eigenvalue weighted by molar-refractivity contribution is 6.38. The maximum absolute atomic E-state index is 14.2. The second kappa shape index (κ2) is 7.43. The number of aliphatic hydroxyl groups excluding tert-OH is 2. The number of amides is 1. The minimum absolute atomic E-state index is 0.104. The van der Waals surface area contributed by atoms with Crippen molar-refractivity contribution in [1.82, 2.24) is 0 Å². The Morgan fingerprint density at radius 2 is 1.75 bits per heavy atom. The molecule has 0 unspecified atom stereocenters. The van der Waals surface area contributed by atoms with E-state index in [0.717, 1.165) is 36.1 Å². The Morgan fingerprint density at radius 3 is 2.38 bits per heavy atom. The molecule has 162 valence electrons. The van der Waals surface area contributed by atoms with Crippen molar-refractivity contribution in [3.63, 3.8) is 0 Å². The molecule has 2 aliphatic rings. The van der Waals surface area contributed by atoms with Crippen molar-refractivity contribution in [2.45, 2.75) is 18.3 Å². The van der Waals surface area contributed by atoms with Crippen molar-refractivity contribution in [3.05, 3.63) is 87.9 Å². The summed E-state index contributed by atoms with van der Waals surface area (Å²) >= 11 is 6.47. The first-order valence-corrected chi connectivity index (χ1v) is 10.5. The maximum atomic E-state index is 14.2. The maximum Gasteiger partial charge on any atom is 0.260 e. The predicted molar refractivity (Wildman–Crippen MR) is 119 cm³/mol. The fourth-order valence-corrected chi connectivity index (χ4v) is 4.43. The van der Waals surface area contributed by atoms with E-state index in [-0.39, 0.29) is 23.2 Å². The summed E-state index contributed by atoms with van der Waals surface area (Å²) in [6.45, 7) is 0.104. The van der Waals surface area contributed by atoms with Crippen LogP contribution in [0.3, 0.4) is 0 Å². The summed E-state index contributed by atoms with van der Waals surface area (Å²) in [6, 6.07) is 13.7. The van der Waals surface area contributed by atoms with E-state index in [9.17, 15) is 23.8 Å². The Hall–Kier alpha value is -3.22. The molecule has 3 N–H and O–H groups in total. The van der Waals surface area contributed by atoms with Gasteiger partial charge in [-0.05, 0) is 48.2 Å². The van der Waals surface area contributed by atoms with Crippen LogP contribution < -0.4 is 5.32 Å². The van der Waals surface area contributed by atoms with Crippen molar-refractivity contribution in [2.75, 3.05) is 11.9 Å². The quantitative estimate of drug-likeness (QED) is 0.351. The van der Waals surface area contributed by atoms with Gasteiger partial charge < -0.3 is 15.5 Å². The van der Waals surface area contributed by atoms with Crippen molar-refractivity contribution in [1.29, 1.82) is 0 Å². The Kier molecular flexibility index (Phi) is 4.80. The van der Waals surface area contributed by atoms with E-state index in [4.69, 9.17) is 11.6 Å². The van der Waals surface area contributed by atoms with Gasteiger partial charge in [0.05, 0.1) is 28.5 Å². The van der Waals surface area contributed by atoms with Gasteiger partial charge in [0.15, 0.2) is 0 Å². The van der Waals surface area contributed by atoms with Gasteiger partial charge in [0.2, 0.25) is 0 Å². The number of anilines is 1. The Labute approximate surface area is 187 Å². The molecule has 1 heterocycles. The predicted octanol–water partition coefficient (Wildman–Crippen LogP) is 5.69. The number of nitrogens with one attached hydrogen (secondary N) is 1. The van der Waals surface area contributed by atoms with Gasteiger partial charge >= 0.3 is 0 Å². The normalized spacial score (nSPS) is 17.7. The van der Waals surface area contributed by atoms with Crippen LogP contribution >= 0.6 is 11.6 Å². The molecule has 0 saturated heterocycles. The smallest absolute Gasteiger partial charge is 0.260 e. The molecule has 0 atom stereocenters. The van der Waals surface area contributed by atoms with Gasteiger partial charge in [0.1, 0.15) is 17.4 Å². The van der Waals surface area contributed by atoms with E-state index in [1.54, 1.807) is 12.1 Å². The summed E-state index contributed by atoms with van der Waals surface area (Å²) in [7, 11) is 0. The highest BCUT2D eigenvalue weighted by atomic mass is 35.5. The van der Waals surface area contributed by atoms with Gasteiger partial charge in [-0.1, -0.05) is 35.9 Å². The number of halogens is 3. The lowest BCUT2D eigenvalue weighted by molar-refractivity contribution is -0.110. The number of hydrogen-bond donors (Lipinski definition) is 3. The molecule has 0 radical (unpaired) electrons. The SMILES string of the molecule is O=C1Nc2cc(Cl)c(-c3ccc(C4(CO)CC4)cc3)cc2C1=C(O)c1ccc(F)cc1F. The average Bonchev–Trinajstić information content (AvgIpc) is 3.50. The summed E-state index contributed by atoms with van der Waals surface area (Å²) in [6.07, 6.45) is 1.90. The first kappa shape index (κ1) is 20.7. The van der Waals surface area contributed by atoms with Crippen molar-refractivity contribution in [2.24, 2.45) is 0 Å². The minimum atomic E-state index is -0.973. The average molecular weight is 454 g/mol. The summed E-state index contributed by atoms with van der Waals surface area (Å²) in [5.74, 6) is -2.95. The van der Waals surface area contributed by atoms with Gasteiger partial charge in [0, 0.05) is 22.6 Å². The van der Waals surface area contributed by atoms with Crippen molar-refractivity contribution >= 4 is 34.5 Å². The highest BCUT2D eigenvalue weighted by Gasteiger charge is 2.43. The number of hydrogen-bond acceptors (Lipinski definition) is 3. The summed E-state index contributed by atoms with van der Waals surface area (Å²) in [4.78, 5) is 12.6. The second-order valence-corrected chi connectivity index (χ2v) is 8.60. The van der Waals surface area contributed by atoms with Crippen LogP contribution in [-0.4, -0.2) is 22.7 Å². The fraction of sp³-hybridized carbons (Fsp3) is 0.160. The molecule has 1 aliphatic heterocycles. The molecule has 7 heteroatoms. The molecule has 0 spiro atoms. The van der Waals surface area contributed by atoms with E-state index >= 15 is 0 Å². The Morgan fingerprint density at radius 1 is 1.03 bits per heavy atom. The topological polar surface area (TPSA) is 69.6 Å². The molecule has 1 saturated carbocycles. The largest absolute Gasteiger partial charge is 0.506 e. The first-order chi connectivity index (χ1) is 15.3. The molecule has 32 heavy (non-hydrogen) atoms. The molecule has 0 aromatic heterocycles. The van der Waals surface area contributed by atoms with Gasteiger partial charge in [-0.3, -0.25) is 4.79 Å². The number of rotatable bonds is 4. The van der Waals surface area contributed by atoms with E-state index < -0.39 is 23.3 Å². The second-order valence-electron chi connectivity index (χ2n) is 8.20. The number of fused-ring (bicyclic) bond motifs is 1. The molecule has 1 amide bonds. The van der Waals surface area contributed by atoms with Crippen LogP contribution in [0.1, 0.15) is 29.5 Å². The molecular weight excluding hydrogens is 436 g/mol. The summed E-state index contributed by atoms with van der Waals surface area (Å²) in [5, 5.41) is 23.4. The van der Waals surface area contributed by atoms with Crippen LogP contribution in [0.25, 0.3) is 22.5 Å². The van der Waals surface area contributed by atoms with Crippen LogP contribution in [0.2, 0.25) is 5.02 Å². The van der Waals surface area contributed by atoms with Crippen LogP contribution in [0.15, 0.2) is 54.6 Å². The standard InChI is InChI=1S/C25H18ClF2NO3/c26-19-11-21-18(10-17(19)13-1-3-14(4-2-13)25(12-30)7-8-25)22(24(32)29-21)23(31)16-6-5-15(27)9-20(16)28/h1-6,9-11,30-31H,7-8,12H2,(H,29,32). The lowest BCUT2D eigenvalue weighted by Gasteiger charge is -2.14. The van der Waals surface area contributed by atoms with Gasteiger partial charge in [-0.15, -0.1) is 0 Å². The van der Waals surface area contributed by atoms with Gasteiger partial charge in [-0.2, -0.15) is 0 Å². The molecule has 3 aromatic carbocycles. The van der Waals surface area contributed by atoms with Gasteiger partial charge in [0.25, 0.3) is 5.91 Å². The molecule has 4 nitrogen and oxygen atoms in total. The fourth-order valence-electron chi connectivity index (χ4n) is 4.16. The highest BCUT2D eigenvalue weighted by Crippen LogP contribution is 2.48. The summed E-state index contributed by atoms with van der Waals surface area (Å²) < 4.78 is 27.5. The molecule has 1 fully saturated rings. The zero-order valence-corrected chi connectivity index (χ0v) is 17.5. The van der Waals surface area contributed by atoms with E-state index in [2.05, 4.69) is 5.32 Å². The first-order valence-electron chi connectivity index (χ1n) is 10.1. The van der Waals surface area contributed by atoms with E-state index in [0.29, 0.717) is 27.9 Å². The molecule has 5 rings (SSSR count). The molecule has 3 aromatic rings. The van der Waals surface area contributed by atoms with E-state index in [1.807, 2.05) is 24.3 Å². The Bertz CT molecular complexity index is 1300. The van der Waals surface area contributed by atoms with Crippen molar-refractivity contribution < 1.29 is 23.8 Å². The number of carbonyl (C=O) groups excluding carboxylic acids is 1. The van der Waals surface area contributed by atoms with Crippen LogP contribution in [-0.2, 0) is 10.2 Å². The molecular formula is C25H18ClF2NO3. The van der Waals surface area contributed by atoms with E-state index in [1.165, 1.54) is 0 Å². The number of carbonyl (C=O) groups is 1. The molecule has 1 aliphatic carbocycles. The third-order valence-corrected chi connectivity index (χ3v) is 6.55. The zero-order valence-electron chi connectivity index (χ0n) is 16.8. The third kappa shape index (κ3) is 3.27. The van der Waals surface area contributed by atoms with Gasteiger partial charge in [-0.25, -0.2) is 8.78 Å². The minimum Gasteiger partial charge on any atom is -0.506 e. The number of aliphatic hydroxyl groups is 2. The number of benzene rings is 3. The van der Waals surface area contributed by atoms with Crippen LogP contribution in [0.5, 0.6) is 0 Å². The summed E-state index contributed by atoms with van der Waals surface area (Å²) in [5.41, 5.74) is 2.70. The lowest BCUT2D eigenvalue weighted by atomic mass is 9.93. The van der Waals surface area contributed by atoms with Crippen molar-refractivity contribution in [3.8, 4) is 11.1 Å². The zero-order chi connectivity index (χ0) is 22.6. The van der Waals surface area contributed by atoms with Crippen LogP contribution in [0, 0.1) is 11.6 Å².